The quantitative estimate of drug-likeness (QED) is 0.943. The molecular formula is C19H24N4O. The van der Waals surface area contributed by atoms with Crippen LogP contribution in [0.15, 0.2) is 36.7 Å². The molecule has 0 spiro atoms. The molecule has 1 aromatic heterocycles. The average molecular weight is 324 g/mol. The van der Waals surface area contributed by atoms with E-state index in [4.69, 9.17) is 0 Å². The number of carbonyl (C=O) groups excluding carboxylic acids is 1. The van der Waals surface area contributed by atoms with Crippen molar-refractivity contribution in [1.29, 1.82) is 0 Å². The average Bonchev–Trinajstić information content (AvgIpc) is 2.59. The van der Waals surface area contributed by atoms with Gasteiger partial charge < -0.3 is 15.1 Å². The highest BCUT2D eigenvalue weighted by Gasteiger charge is 2.16. The van der Waals surface area contributed by atoms with E-state index in [1.807, 2.05) is 44.3 Å². The minimum Gasteiger partial charge on any atom is -0.368 e. The van der Waals surface area contributed by atoms with Crippen molar-refractivity contribution in [2.45, 2.75) is 13.8 Å². The second-order valence-corrected chi connectivity index (χ2v) is 6.49. The fourth-order valence-corrected chi connectivity index (χ4v) is 2.85. The van der Waals surface area contributed by atoms with E-state index in [2.05, 4.69) is 27.1 Å². The summed E-state index contributed by atoms with van der Waals surface area (Å²) >= 11 is 0. The van der Waals surface area contributed by atoms with Gasteiger partial charge in [0.25, 0.3) is 5.91 Å². The maximum atomic E-state index is 12.6. The maximum absolute atomic E-state index is 12.6. The van der Waals surface area contributed by atoms with Crippen molar-refractivity contribution in [1.82, 2.24) is 9.88 Å². The number of nitrogens with zero attached hydrogens (tertiary/aromatic N) is 3. The van der Waals surface area contributed by atoms with Crippen LogP contribution in [0.1, 0.15) is 21.5 Å². The lowest BCUT2D eigenvalue weighted by atomic mass is 10.1. The number of hydrogen-bond donors (Lipinski definition) is 1. The van der Waals surface area contributed by atoms with Gasteiger partial charge in [0.1, 0.15) is 0 Å². The van der Waals surface area contributed by atoms with Crippen LogP contribution < -0.4 is 10.2 Å². The molecule has 126 valence electrons. The smallest absolute Gasteiger partial charge is 0.257 e. The molecule has 0 atom stereocenters. The summed E-state index contributed by atoms with van der Waals surface area (Å²) in [4.78, 5) is 21.4. The Labute approximate surface area is 143 Å². The molecule has 0 bridgehead atoms. The fourth-order valence-electron chi connectivity index (χ4n) is 2.85. The van der Waals surface area contributed by atoms with Gasteiger partial charge in [-0.25, -0.2) is 0 Å². The molecule has 0 aliphatic carbocycles. The standard InChI is InChI=1S/C19H24N4O/c1-14-4-5-15(2)18(10-14)21-19(24)16-11-17(13-20-12-16)23-8-6-22(3)7-9-23/h4-5,10-13H,6-9H2,1-3H3,(H,21,24). The Kier molecular flexibility index (Phi) is 4.81. The van der Waals surface area contributed by atoms with Crippen molar-refractivity contribution in [2.75, 3.05) is 43.4 Å². The maximum Gasteiger partial charge on any atom is 0.257 e. The minimum absolute atomic E-state index is 0.118. The Morgan fingerprint density at radius 2 is 1.83 bits per heavy atom. The van der Waals surface area contributed by atoms with Crippen LogP contribution in [-0.4, -0.2) is 49.0 Å². The van der Waals surface area contributed by atoms with Crippen LogP contribution >= 0.6 is 0 Å². The SMILES string of the molecule is Cc1ccc(C)c(NC(=O)c2cncc(N3CCN(C)CC3)c2)c1. The van der Waals surface area contributed by atoms with Gasteiger partial charge in [-0.2, -0.15) is 0 Å². The predicted octanol–water partition coefficient (Wildman–Crippen LogP) is 2.70. The molecule has 2 aromatic rings. The number of aromatic nitrogens is 1. The molecule has 5 heteroatoms. The number of rotatable bonds is 3. The number of anilines is 2. The lowest BCUT2D eigenvalue weighted by molar-refractivity contribution is 0.102. The molecule has 3 rings (SSSR count). The Morgan fingerprint density at radius 1 is 1.08 bits per heavy atom. The van der Waals surface area contributed by atoms with Gasteiger partial charge in [-0.05, 0) is 44.2 Å². The number of hydrogen-bond acceptors (Lipinski definition) is 4. The monoisotopic (exact) mass is 324 g/mol. The molecule has 1 saturated heterocycles. The van der Waals surface area contributed by atoms with Crippen molar-refractivity contribution in [3.63, 3.8) is 0 Å². The summed E-state index contributed by atoms with van der Waals surface area (Å²) in [6.07, 6.45) is 3.46. The van der Waals surface area contributed by atoms with Gasteiger partial charge >= 0.3 is 0 Å². The molecule has 1 N–H and O–H groups in total. The second-order valence-electron chi connectivity index (χ2n) is 6.49. The van der Waals surface area contributed by atoms with Crippen LogP contribution in [0.4, 0.5) is 11.4 Å². The molecule has 1 aliphatic heterocycles. The Hall–Kier alpha value is -2.40. The number of pyridine rings is 1. The Morgan fingerprint density at radius 3 is 2.58 bits per heavy atom. The summed E-state index contributed by atoms with van der Waals surface area (Å²) in [5, 5.41) is 3.00. The normalized spacial score (nSPS) is 15.4. The highest BCUT2D eigenvalue weighted by atomic mass is 16.1. The number of carbonyl (C=O) groups is 1. The first-order valence-corrected chi connectivity index (χ1v) is 8.30. The van der Waals surface area contributed by atoms with Gasteiger partial charge in [-0.15, -0.1) is 0 Å². The summed E-state index contributed by atoms with van der Waals surface area (Å²) in [5.41, 5.74) is 4.63. The van der Waals surface area contributed by atoms with Crippen LogP contribution in [0.3, 0.4) is 0 Å². The Bertz CT molecular complexity index is 736. The number of amides is 1. The number of piperazine rings is 1. The first-order valence-electron chi connectivity index (χ1n) is 8.30. The first kappa shape index (κ1) is 16.5. The molecule has 1 fully saturated rings. The topological polar surface area (TPSA) is 48.5 Å². The van der Waals surface area contributed by atoms with E-state index < -0.39 is 0 Å². The van der Waals surface area contributed by atoms with Crippen LogP contribution in [0, 0.1) is 13.8 Å². The first-order chi connectivity index (χ1) is 11.5. The highest BCUT2D eigenvalue weighted by molar-refractivity contribution is 6.05. The fraction of sp³-hybridized carbons (Fsp3) is 0.368. The number of benzene rings is 1. The second kappa shape index (κ2) is 7.01. The van der Waals surface area contributed by atoms with Gasteiger partial charge in [0, 0.05) is 38.1 Å². The third-order valence-electron chi connectivity index (χ3n) is 4.50. The summed E-state index contributed by atoms with van der Waals surface area (Å²) < 4.78 is 0. The summed E-state index contributed by atoms with van der Waals surface area (Å²) in [7, 11) is 2.13. The van der Waals surface area contributed by atoms with Gasteiger partial charge in [-0.3, -0.25) is 9.78 Å². The van der Waals surface area contributed by atoms with Crippen molar-refractivity contribution in [3.05, 3.63) is 53.3 Å². The van der Waals surface area contributed by atoms with E-state index in [1.54, 1.807) is 6.20 Å². The zero-order chi connectivity index (χ0) is 17.1. The molecule has 0 radical (unpaired) electrons. The van der Waals surface area contributed by atoms with Gasteiger partial charge in [0.15, 0.2) is 0 Å². The lowest BCUT2D eigenvalue weighted by Crippen LogP contribution is -2.44. The third kappa shape index (κ3) is 3.74. The zero-order valence-corrected chi connectivity index (χ0v) is 14.5. The summed E-state index contributed by atoms with van der Waals surface area (Å²) in [6.45, 7) is 7.98. The van der Waals surface area contributed by atoms with Crippen molar-refractivity contribution in [3.8, 4) is 0 Å². The molecule has 5 nitrogen and oxygen atoms in total. The Balaban J connectivity index is 1.76. The van der Waals surface area contributed by atoms with Gasteiger partial charge in [-0.1, -0.05) is 12.1 Å². The van der Waals surface area contributed by atoms with Crippen LogP contribution in [0.2, 0.25) is 0 Å². The number of likely N-dealkylation sites (N-methyl/N-ethyl adjacent to an activating group) is 1. The zero-order valence-electron chi connectivity index (χ0n) is 14.5. The van der Waals surface area contributed by atoms with Crippen molar-refractivity contribution < 1.29 is 4.79 Å². The molecule has 0 saturated carbocycles. The number of nitrogens with one attached hydrogen (secondary N) is 1. The third-order valence-corrected chi connectivity index (χ3v) is 4.50. The highest BCUT2D eigenvalue weighted by Crippen LogP contribution is 2.20. The van der Waals surface area contributed by atoms with E-state index in [9.17, 15) is 4.79 Å². The number of aryl methyl sites for hydroxylation is 2. The molecule has 1 amide bonds. The molecular weight excluding hydrogens is 300 g/mol. The molecule has 1 aromatic carbocycles. The van der Waals surface area contributed by atoms with Crippen LogP contribution in [0.5, 0.6) is 0 Å². The molecule has 0 unspecified atom stereocenters. The van der Waals surface area contributed by atoms with Gasteiger partial charge in [0.2, 0.25) is 0 Å². The molecule has 24 heavy (non-hydrogen) atoms. The van der Waals surface area contributed by atoms with E-state index in [0.717, 1.165) is 48.7 Å². The summed E-state index contributed by atoms with van der Waals surface area (Å²) in [6, 6.07) is 7.98. The van der Waals surface area contributed by atoms with E-state index in [1.165, 1.54) is 0 Å². The van der Waals surface area contributed by atoms with Gasteiger partial charge in [0.05, 0.1) is 17.4 Å². The van der Waals surface area contributed by atoms with E-state index in [0.29, 0.717) is 5.56 Å². The summed E-state index contributed by atoms with van der Waals surface area (Å²) in [5.74, 6) is -0.118. The van der Waals surface area contributed by atoms with Crippen molar-refractivity contribution >= 4 is 17.3 Å². The molecule has 1 aliphatic rings. The van der Waals surface area contributed by atoms with Crippen LogP contribution in [-0.2, 0) is 0 Å². The molecule has 2 heterocycles. The van der Waals surface area contributed by atoms with E-state index >= 15 is 0 Å². The lowest BCUT2D eigenvalue weighted by Gasteiger charge is -2.33. The van der Waals surface area contributed by atoms with Crippen molar-refractivity contribution in [2.24, 2.45) is 0 Å². The predicted molar refractivity (Wildman–Crippen MR) is 97.8 cm³/mol. The van der Waals surface area contributed by atoms with E-state index in [-0.39, 0.29) is 5.91 Å². The largest absolute Gasteiger partial charge is 0.368 e. The minimum atomic E-state index is -0.118. The van der Waals surface area contributed by atoms with Crippen LogP contribution in [0.25, 0.3) is 0 Å².